The van der Waals surface area contributed by atoms with Crippen molar-refractivity contribution < 1.29 is 9.84 Å². The number of nitrogens with two attached hydrogens (primary N) is 1. The van der Waals surface area contributed by atoms with E-state index in [-0.39, 0.29) is 18.8 Å². The molecule has 3 N–H and O–H groups in total. The maximum atomic E-state index is 9.15. The molecule has 2 unspecified atom stereocenters. The van der Waals surface area contributed by atoms with E-state index in [9.17, 15) is 0 Å². The second-order valence-corrected chi connectivity index (χ2v) is 4.50. The molecule has 1 aromatic rings. The van der Waals surface area contributed by atoms with Crippen LogP contribution in [0.3, 0.4) is 0 Å². The summed E-state index contributed by atoms with van der Waals surface area (Å²) in [5.74, 6) is 0.544. The highest BCUT2D eigenvalue weighted by Crippen LogP contribution is 2.13. The molecule has 2 rings (SSSR count). The van der Waals surface area contributed by atoms with Crippen LogP contribution in [0.5, 0.6) is 0 Å². The summed E-state index contributed by atoms with van der Waals surface area (Å²) in [6, 6.07) is 5.65. The van der Waals surface area contributed by atoms with Crippen molar-refractivity contribution in [1.29, 1.82) is 0 Å². The van der Waals surface area contributed by atoms with Gasteiger partial charge in [0.05, 0.1) is 24.5 Å². The molecule has 1 fully saturated rings. The van der Waals surface area contributed by atoms with Crippen molar-refractivity contribution in [3.05, 3.63) is 23.9 Å². The lowest BCUT2D eigenvalue weighted by Crippen LogP contribution is -2.47. The molecule has 0 aliphatic carbocycles. The standard InChI is InChI=1S/C12H19N3O2/c1-9-5-15(7-11(8-16)17-9)6-10-3-2-4-12(13)14-10/h2-4,9,11,16H,5-8H2,1H3,(H2,13,14). The summed E-state index contributed by atoms with van der Waals surface area (Å²) < 4.78 is 5.59. The monoisotopic (exact) mass is 237 g/mol. The lowest BCUT2D eigenvalue weighted by Gasteiger charge is -2.35. The Morgan fingerprint density at radius 1 is 1.53 bits per heavy atom. The first-order valence-electron chi connectivity index (χ1n) is 5.87. The maximum Gasteiger partial charge on any atom is 0.123 e. The normalized spacial score (nSPS) is 26.0. The van der Waals surface area contributed by atoms with E-state index < -0.39 is 0 Å². The van der Waals surface area contributed by atoms with Crippen molar-refractivity contribution in [1.82, 2.24) is 9.88 Å². The minimum absolute atomic E-state index is 0.0607. The van der Waals surface area contributed by atoms with Crippen LogP contribution in [0, 0.1) is 0 Å². The molecular formula is C12H19N3O2. The Balaban J connectivity index is 1.98. The molecule has 0 spiro atoms. The van der Waals surface area contributed by atoms with Crippen LogP contribution in [0.4, 0.5) is 5.82 Å². The molecule has 0 amide bonds. The number of nitrogen functional groups attached to an aromatic ring is 1. The van der Waals surface area contributed by atoms with Crippen molar-refractivity contribution in [3.8, 4) is 0 Å². The SMILES string of the molecule is CC1CN(Cc2cccc(N)n2)CC(CO)O1. The van der Waals surface area contributed by atoms with Crippen molar-refractivity contribution in [2.75, 3.05) is 25.4 Å². The number of anilines is 1. The van der Waals surface area contributed by atoms with Gasteiger partial charge < -0.3 is 15.6 Å². The van der Waals surface area contributed by atoms with Crippen molar-refractivity contribution in [2.45, 2.75) is 25.7 Å². The van der Waals surface area contributed by atoms with Gasteiger partial charge in [-0.2, -0.15) is 0 Å². The molecule has 1 aliphatic rings. The molecule has 1 aliphatic heterocycles. The third-order valence-electron chi connectivity index (χ3n) is 2.82. The zero-order valence-electron chi connectivity index (χ0n) is 10.0. The van der Waals surface area contributed by atoms with Crippen LogP contribution in [0.2, 0.25) is 0 Å². The van der Waals surface area contributed by atoms with Crippen molar-refractivity contribution in [2.24, 2.45) is 0 Å². The summed E-state index contributed by atoms with van der Waals surface area (Å²) in [6.07, 6.45) is 0.0433. The molecule has 0 radical (unpaired) electrons. The quantitative estimate of drug-likeness (QED) is 0.788. The van der Waals surface area contributed by atoms with Crippen LogP contribution in [0.15, 0.2) is 18.2 Å². The minimum Gasteiger partial charge on any atom is -0.394 e. The predicted octanol–water partition coefficient (Wildman–Crippen LogP) is 0.245. The smallest absolute Gasteiger partial charge is 0.123 e. The zero-order chi connectivity index (χ0) is 12.3. The maximum absolute atomic E-state index is 9.15. The Hall–Kier alpha value is -1.17. The number of morpholine rings is 1. The minimum atomic E-state index is -0.0974. The van der Waals surface area contributed by atoms with Gasteiger partial charge in [-0.1, -0.05) is 6.07 Å². The Morgan fingerprint density at radius 3 is 3.06 bits per heavy atom. The van der Waals surface area contributed by atoms with Crippen LogP contribution in [-0.2, 0) is 11.3 Å². The zero-order valence-corrected chi connectivity index (χ0v) is 10.0. The van der Waals surface area contributed by atoms with E-state index in [0.29, 0.717) is 5.82 Å². The Kier molecular flexibility index (Phi) is 3.93. The van der Waals surface area contributed by atoms with Gasteiger partial charge >= 0.3 is 0 Å². The average molecular weight is 237 g/mol. The van der Waals surface area contributed by atoms with E-state index in [1.807, 2.05) is 19.1 Å². The summed E-state index contributed by atoms with van der Waals surface area (Å²) in [7, 11) is 0. The molecule has 2 heterocycles. The number of nitrogens with zero attached hydrogens (tertiary/aromatic N) is 2. The largest absolute Gasteiger partial charge is 0.394 e. The summed E-state index contributed by atoms with van der Waals surface area (Å²) in [5, 5.41) is 9.15. The van der Waals surface area contributed by atoms with Gasteiger partial charge in [-0.05, 0) is 19.1 Å². The number of hydrogen-bond acceptors (Lipinski definition) is 5. The number of pyridine rings is 1. The molecule has 2 atom stereocenters. The van der Waals surface area contributed by atoms with Crippen LogP contribution in [0.1, 0.15) is 12.6 Å². The molecule has 0 saturated carbocycles. The summed E-state index contributed by atoms with van der Waals surface area (Å²) in [4.78, 5) is 6.51. The molecule has 17 heavy (non-hydrogen) atoms. The molecule has 0 bridgehead atoms. The van der Waals surface area contributed by atoms with Crippen molar-refractivity contribution >= 4 is 5.82 Å². The summed E-state index contributed by atoms with van der Waals surface area (Å²) in [5.41, 5.74) is 6.60. The van der Waals surface area contributed by atoms with Gasteiger partial charge in [-0.3, -0.25) is 4.90 Å². The molecule has 1 saturated heterocycles. The second kappa shape index (κ2) is 5.44. The van der Waals surface area contributed by atoms with Crippen molar-refractivity contribution in [3.63, 3.8) is 0 Å². The van der Waals surface area contributed by atoms with Crippen LogP contribution < -0.4 is 5.73 Å². The first-order valence-corrected chi connectivity index (χ1v) is 5.87. The topological polar surface area (TPSA) is 71.6 Å². The third-order valence-corrected chi connectivity index (χ3v) is 2.82. The molecule has 5 nitrogen and oxygen atoms in total. The van der Waals surface area contributed by atoms with Gasteiger partial charge in [-0.25, -0.2) is 4.98 Å². The third kappa shape index (κ3) is 3.39. The highest BCUT2D eigenvalue weighted by molar-refractivity contribution is 5.28. The Labute approximate surface area is 101 Å². The van der Waals surface area contributed by atoms with E-state index in [1.165, 1.54) is 0 Å². The van der Waals surface area contributed by atoms with Crippen LogP contribution in [-0.4, -0.2) is 46.9 Å². The fraction of sp³-hybridized carbons (Fsp3) is 0.583. The number of aliphatic hydroxyl groups excluding tert-OH is 1. The fourth-order valence-electron chi connectivity index (χ4n) is 2.19. The summed E-state index contributed by atoms with van der Waals surface area (Å²) in [6.45, 7) is 4.41. The Morgan fingerprint density at radius 2 is 2.35 bits per heavy atom. The van der Waals surface area contributed by atoms with E-state index in [2.05, 4.69) is 9.88 Å². The number of ether oxygens (including phenoxy) is 1. The van der Waals surface area contributed by atoms with Crippen LogP contribution in [0.25, 0.3) is 0 Å². The highest BCUT2D eigenvalue weighted by Gasteiger charge is 2.24. The molecule has 94 valence electrons. The molecule has 5 heteroatoms. The summed E-state index contributed by atoms with van der Waals surface area (Å²) >= 11 is 0. The van der Waals surface area contributed by atoms with E-state index in [4.69, 9.17) is 15.6 Å². The Bertz CT molecular complexity index is 373. The average Bonchev–Trinajstić information content (AvgIpc) is 2.28. The molecule has 0 aromatic carbocycles. The lowest BCUT2D eigenvalue weighted by atomic mass is 10.2. The van der Waals surface area contributed by atoms with Gasteiger partial charge in [-0.15, -0.1) is 0 Å². The van der Waals surface area contributed by atoms with E-state index >= 15 is 0 Å². The predicted molar refractivity (Wildman–Crippen MR) is 65.3 cm³/mol. The van der Waals surface area contributed by atoms with Crippen LogP contribution >= 0.6 is 0 Å². The van der Waals surface area contributed by atoms with Gasteiger partial charge in [0.25, 0.3) is 0 Å². The molecular weight excluding hydrogens is 218 g/mol. The first kappa shape index (κ1) is 12.3. The lowest BCUT2D eigenvalue weighted by molar-refractivity contribution is -0.0974. The van der Waals surface area contributed by atoms with Gasteiger partial charge in [0.15, 0.2) is 0 Å². The fourth-order valence-corrected chi connectivity index (χ4v) is 2.19. The number of hydrogen-bond donors (Lipinski definition) is 2. The van der Waals surface area contributed by atoms with E-state index in [0.717, 1.165) is 25.3 Å². The number of aliphatic hydroxyl groups is 1. The number of aromatic nitrogens is 1. The van der Waals surface area contributed by atoms with Gasteiger partial charge in [0, 0.05) is 19.6 Å². The van der Waals surface area contributed by atoms with E-state index in [1.54, 1.807) is 6.07 Å². The highest BCUT2D eigenvalue weighted by atomic mass is 16.5. The first-order chi connectivity index (χ1) is 8.17. The van der Waals surface area contributed by atoms with Gasteiger partial charge in [0.2, 0.25) is 0 Å². The molecule has 1 aromatic heterocycles. The second-order valence-electron chi connectivity index (χ2n) is 4.50. The number of rotatable bonds is 3. The van der Waals surface area contributed by atoms with Gasteiger partial charge in [0.1, 0.15) is 5.82 Å².